The highest BCUT2D eigenvalue weighted by molar-refractivity contribution is 6.37. The molecule has 6 heteroatoms. The molecule has 0 amide bonds. The van der Waals surface area contributed by atoms with Gasteiger partial charge in [0.15, 0.2) is 5.69 Å². The van der Waals surface area contributed by atoms with Crippen LogP contribution in [0.1, 0.15) is 96.0 Å². The summed E-state index contributed by atoms with van der Waals surface area (Å²) in [7, 11) is 0. The van der Waals surface area contributed by atoms with Crippen LogP contribution >= 0.6 is 0 Å². The Morgan fingerprint density at radius 2 is 0.756 bits per heavy atom. The van der Waals surface area contributed by atoms with E-state index in [2.05, 4.69) is 202 Å². The lowest BCUT2D eigenvalue weighted by Gasteiger charge is -2.43. The molecule has 17 aromatic rings. The second-order valence-corrected chi connectivity index (χ2v) is 22.5. The normalized spacial score (nSPS) is 17.7. The predicted molar refractivity (Wildman–Crippen MR) is 311 cm³/mol. The Balaban J connectivity index is 0.972. The van der Waals surface area contributed by atoms with Crippen LogP contribution in [-0.2, 0) is 0 Å². The van der Waals surface area contributed by atoms with Crippen molar-refractivity contribution < 1.29 is 8.83 Å². The zero-order valence-corrected chi connectivity index (χ0v) is 41.2. The van der Waals surface area contributed by atoms with E-state index in [-0.39, 0.29) is 23.7 Å². The van der Waals surface area contributed by atoms with Crippen LogP contribution in [0.5, 0.6) is 0 Å². The van der Waals surface area contributed by atoms with Gasteiger partial charge in [0.1, 0.15) is 22.3 Å². The molecule has 6 nitrogen and oxygen atoms in total. The van der Waals surface area contributed by atoms with E-state index < -0.39 is 0 Å². The van der Waals surface area contributed by atoms with Gasteiger partial charge in [-0.1, -0.05) is 133 Å². The lowest BCUT2D eigenvalue weighted by atomic mass is 9.59. The molecule has 6 aliphatic carbocycles. The van der Waals surface area contributed by atoms with Crippen LogP contribution in [0.3, 0.4) is 0 Å². The van der Waals surface area contributed by atoms with E-state index in [4.69, 9.17) is 15.4 Å². The highest BCUT2D eigenvalue weighted by Gasteiger charge is 2.47. The summed E-state index contributed by atoms with van der Waals surface area (Å²) in [4.78, 5) is 4.46. The van der Waals surface area contributed by atoms with Gasteiger partial charge in [0.25, 0.3) is 0 Å². The number of para-hydroxylation sites is 2. The molecule has 0 saturated heterocycles. The number of benzene rings is 11. The summed E-state index contributed by atoms with van der Waals surface area (Å²) >= 11 is 0. The molecule has 0 fully saturated rings. The van der Waals surface area contributed by atoms with Crippen LogP contribution < -0.4 is 0 Å². The average Bonchev–Trinajstić information content (AvgIpc) is 4.03. The van der Waals surface area contributed by atoms with Crippen molar-refractivity contribution in [3.8, 4) is 6.07 Å². The molecule has 0 aliphatic heterocycles. The Morgan fingerprint density at radius 1 is 0.372 bits per heavy atom. The van der Waals surface area contributed by atoms with Gasteiger partial charge >= 0.3 is 0 Å². The number of fused-ring (bicyclic) bond motifs is 20. The monoisotopic (exact) mass is 986 g/mol. The number of aromatic nitrogens is 2. The van der Waals surface area contributed by atoms with Gasteiger partial charge in [-0.2, -0.15) is 5.26 Å². The van der Waals surface area contributed by atoms with Crippen LogP contribution in [0.4, 0.5) is 5.69 Å². The third-order valence-corrected chi connectivity index (χ3v) is 19.5. The third kappa shape index (κ3) is 4.06. The number of nitrogens with zero attached hydrogens (tertiary/aromatic N) is 4. The molecule has 23 rings (SSSR count). The molecule has 0 radical (unpaired) electrons. The van der Waals surface area contributed by atoms with Crippen molar-refractivity contribution in [1.82, 2.24) is 8.80 Å². The molecule has 0 N–H and O–H groups in total. The lowest BCUT2D eigenvalue weighted by Crippen LogP contribution is -2.28. The average molecular weight is 987 g/mol. The van der Waals surface area contributed by atoms with Gasteiger partial charge in [0.2, 0.25) is 0 Å². The highest BCUT2D eigenvalue weighted by Crippen LogP contribution is 2.63. The fourth-order valence-corrected chi connectivity index (χ4v) is 16.9. The van der Waals surface area contributed by atoms with Crippen LogP contribution in [-0.4, -0.2) is 8.80 Å². The summed E-state index contributed by atoms with van der Waals surface area (Å²) in [6.07, 6.45) is 0. The molecular weight excluding hydrogens is 953 g/mol. The van der Waals surface area contributed by atoms with E-state index in [1.807, 2.05) is 0 Å². The van der Waals surface area contributed by atoms with E-state index in [1.54, 1.807) is 0 Å². The Bertz CT molecular complexity index is 5430. The van der Waals surface area contributed by atoms with Gasteiger partial charge in [-0.15, -0.1) is 0 Å². The molecule has 0 spiro atoms. The number of hydrogen-bond acceptors (Lipinski definition) is 3. The molecule has 354 valence electrons. The summed E-state index contributed by atoms with van der Waals surface area (Å²) in [6, 6.07) is 69.3. The summed E-state index contributed by atoms with van der Waals surface area (Å²) in [5.41, 5.74) is 26.4. The quantitative estimate of drug-likeness (QED) is 0.142. The van der Waals surface area contributed by atoms with E-state index in [0.29, 0.717) is 11.3 Å². The minimum Gasteiger partial charge on any atom is -0.455 e. The van der Waals surface area contributed by atoms with Crippen molar-refractivity contribution in [1.29, 1.82) is 5.26 Å². The first-order valence-corrected chi connectivity index (χ1v) is 27.0. The highest BCUT2D eigenvalue weighted by atomic mass is 16.3. The summed E-state index contributed by atoms with van der Waals surface area (Å²) in [5, 5.41) is 24.8. The Kier molecular flexibility index (Phi) is 6.42. The minimum atomic E-state index is -0.0720. The smallest absolute Gasteiger partial charge is 0.193 e. The predicted octanol–water partition coefficient (Wildman–Crippen LogP) is 18.2. The third-order valence-electron chi connectivity index (χ3n) is 19.5. The molecule has 4 bridgehead atoms. The first-order valence-electron chi connectivity index (χ1n) is 27.0. The zero-order valence-electron chi connectivity index (χ0n) is 41.2. The molecule has 78 heavy (non-hydrogen) atoms. The number of rotatable bonds is 0. The van der Waals surface area contributed by atoms with Gasteiger partial charge in [-0.3, -0.25) is 0 Å². The first-order chi connectivity index (χ1) is 38.7. The van der Waals surface area contributed by atoms with Crippen molar-refractivity contribution in [2.24, 2.45) is 0 Å². The van der Waals surface area contributed by atoms with E-state index in [1.165, 1.54) is 61.0 Å². The van der Waals surface area contributed by atoms with Crippen molar-refractivity contribution in [2.75, 3.05) is 0 Å². The molecule has 0 unspecified atom stereocenters. The first kappa shape index (κ1) is 39.1. The van der Waals surface area contributed by atoms with Crippen molar-refractivity contribution in [3.63, 3.8) is 0 Å². The standard InChI is InChI=1S/C72H34N4O2/c1-74-50-31-54-64(66-61-42-22-8-4-18-38(42)59(62(50)66)39-19-5-9-23-43(39)61)68-70-47(28-49-35-15-11-13-25-56(35)78-72(49)68)45-29-51-44(30-52(45)76(54)70)46-27-48-34-14-10-12-24-55(34)77-71(48)67-63-53(75(51)69(46)67)26-33(32-73)57-58-36-16-2-6-20-40(36)60(65(57)63)41-21-7-3-17-37(41)58/h2-31,58-61H. The Morgan fingerprint density at radius 3 is 1.19 bits per heavy atom. The molecule has 0 atom stereocenters. The van der Waals surface area contributed by atoms with E-state index in [0.717, 1.165) is 126 Å². The zero-order chi connectivity index (χ0) is 50.3. The van der Waals surface area contributed by atoms with Gasteiger partial charge in [0.05, 0.1) is 56.6 Å². The number of hydrogen-bond donors (Lipinski definition) is 0. The van der Waals surface area contributed by atoms with Crippen molar-refractivity contribution in [3.05, 3.63) is 266 Å². The van der Waals surface area contributed by atoms with Crippen LogP contribution in [0.15, 0.2) is 191 Å². The van der Waals surface area contributed by atoms with Gasteiger partial charge in [-0.25, -0.2) is 4.85 Å². The molecule has 6 heterocycles. The summed E-state index contributed by atoms with van der Waals surface area (Å²) < 4.78 is 19.2. The maximum absolute atomic E-state index is 11.4. The maximum atomic E-state index is 11.4. The lowest BCUT2D eigenvalue weighted by molar-refractivity contribution is 0.672. The topological polar surface area (TPSA) is 63.2 Å². The Hall–Kier alpha value is -10.4. The number of nitriles is 1. The fraction of sp³-hybridized carbons (Fsp3) is 0.0556. The second kappa shape index (κ2) is 12.8. The number of furan rings is 2. The molecular formula is C72H34N4O2. The molecule has 6 aromatic heterocycles. The Labute approximate surface area is 441 Å². The van der Waals surface area contributed by atoms with Gasteiger partial charge in [-0.05, 0) is 115 Å². The summed E-state index contributed by atoms with van der Waals surface area (Å²) in [6.45, 7) is 8.98. The van der Waals surface area contributed by atoms with E-state index in [9.17, 15) is 5.26 Å². The van der Waals surface area contributed by atoms with E-state index >= 15 is 0 Å². The van der Waals surface area contributed by atoms with Crippen LogP contribution in [0, 0.1) is 17.9 Å². The molecule has 6 aliphatic rings. The van der Waals surface area contributed by atoms with Crippen molar-refractivity contribution in [2.45, 2.75) is 23.7 Å². The minimum absolute atomic E-state index is 0.0622. The van der Waals surface area contributed by atoms with Gasteiger partial charge < -0.3 is 17.6 Å². The largest absolute Gasteiger partial charge is 0.455 e. The second-order valence-electron chi connectivity index (χ2n) is 22.5. The van der Waals surface area contributed by atoms with Crippen molar-refractivity contribution >= 4 is 126 Å². The molecule has 0 saturated carbocycles. The van der Waals surface area contributed by atoms with Crippen LogP contribution in [0.2, 0.25) is 0 Å². The maximum Gasteiger partial charge on any atom is 0.193 e. The SMILES string of the molecule is [C-]#[N+]c1cc2c(c3c1C1c4ccccc4C3c3ccccc31)c1c3oc4ccccc4c3cc3c4cc5c(cc4n2c31)c1cc2c3ccccc3oc2c2c3c4c(c(C#N)cc3n5c12)C1c2ccccc2C4c2ccccc21. The molecule has 11 aromatic carbocycles. The van der Waals surface area contributed by atoms with Crippen LogP contribution in [0.25, 0.3) is 125 Å². The van der Waals surface area contributed by atoms with Gasteiger partial charge in [0, 0.05) is 83.1 Å². The summed E-state index contributed by atoms with van der Waals surface area (Å²) in [5.74, 6) is -0.267. The fourth-order valence-electron chi connectivity index (χ4n) is 16.9.